The fraction of sp³-hybridized carbons (Fsp3) is 0.583. The first-order valence-corrected chi connectivity index (χ1v) is 5.50. The van der Waals surface area contributed by atoms with Crippen molar-refractivity contribution in [3.8, 4) is 0 Å². The third-order valence-corrected chi connectivity index (χ3v) is 2.42. The molecule has 1 heterocycles. The number of amides is 1. The molecule has 1 amide bonds. The molecule has 0 aliphatic carbocycles. The molecule has 1 N–H and O–H groups in total. The zero-order valence-corrected chi connectivity index (χ0v) is 9.79. The first kappa shape index (κ1) is 11.8. The molecule has 0 radical (unpaired) electrons. The fourth-order valence-corrected chi connectivity index (χ4v) is 1.50. The van der Waals surface area contributed by atoms with Gasteiger partial charge in [0.2, 0.25) is 0 Å². The summed E-state index contributed by atoms with van der Waals surface area (Å²) in [7, 11) is 1.88. The molecule has 0 spiro atoms. The molecule has 0 saturated heterocycles. The fourth-order valence-electron chi connectivity index (χ4n) is 1.50. The highest BCUT2D eigenvalue weighted by atomic mass is 16.1. The molecule has 1 rings (SSSR count). The van der Waals surface area contributed by atoms with Crippen molar-refractivity contribution < 1.29 is 4.79 Å². The van der Waals surface area contributed by atoms with E-state index >= 15 is 0 Å². The minimum Gasteiger partial charge on any atom is -0.351 e. The zero-order valence-electron chi connectivity index (χ0n) is 9.79. The molecule has 0 aromatic carbocycles. The molecule has 1 aromatic rings. The van der Waals surface area contributed by atoms with Crippen LogP contribution in [0.15, 0.2) is 18.3 Å². The molecule has 0 bridgehead atoms. The molecular weight excluding hydrogens is 188 g/mol. The highest BCUT2D eigenvalue weighted by Crippen LogP contribution is 2.03. The minimum absolute atomic E-state index is 0.0197. The molecule has 0 unspecified atom stereocenters. The first-order valence-electron chi connectivity index (χ1n) is 5.50. The lowest BCUT2D eigenvalue weighted by atomic mass is 10.1. The largest absolute Gasteiger partial charge is 0.351 e. The van der Waals surface area contributed by atoms with Gasteiger partial charge >= 0.3 is 0 Å². The van der Waals surface area contributed by atoms with Crippen molar-refractivity contribution in [1.82, 2.24) is 9.88 Å². The SMILES string of the molecule is CC(C)CCCNC(=O)c1cccn1C. The smallest absolute Gasteiger partial charge is 0.267 e. The van der Waals surface area contributed by atoms with Gasteiger partial charge in [0, 0.05) is 19.8 Å². The van der Waals surface area contributed by atoms with Crippen LogP contribution in [0.1, 0.15) is 37.2 Å². The van der Waals surface area contributed by atoms with Crippen LogP contribution in [0.2, 0.25) is 0 Å². The zero-order chi connectivity index (χ0) is 11.3. The van der Waals surface area contributed by atoms with Gasteiger partial charge < -0.3 is 9.88 Å². The van der Waals surface area contributed by atoms with Crippen LogP contribution in [-0.2, 0) is 7.05 Å². The molecule has 3 heteroatoms. The van der Waals surface area contributed by atoms with Gasteiger partial charge in [0.05, 0.1) is 0 Å². The first-order chi connectivity index (χ1) is 7.11. The Morgan fingerprint density at radius 1 is 1.53 bits per heavy atom. The van der Waals surface area contributed by atoms with Crippen molar-refractivity contribution in [3.63, 3.8) is 0 Å². The number of aryl methyl sites for hydroxylation is 1. The van der Waals surface area contributed by atoms with Crippen LogP contribution in [-0.4, -0.2) is 17.0 Å². The van der Waals surface area contributed by atoms with Gasteiger partial charge in [0.1, 0.15) is 5.69 Å². The Hall–Kier alpha value is -1.25. The highest BCUT2D eigenvalue weighted by Gasteiger charge is 2.07. The maximum absolute atomic E-state index is 11.6. The standard InChI is InChI=1S/C12H20N2O/c1-10(2)6-4-8-13-12(15)11-7-5-9-14(11)3/h5,7,9-10H,4,6,8H2,1-3H3,(H,13,15). The summed E-state index contributed by atoms with van der Waals surface area (Å²) in [6, 6.07) is 3.71. The summed E-state index contributed by atoms with van der Waals surface area (Å²) in [5, 5.41) is 2.92. The Morgan fingerprint density at radius 2 is 2.27 bits per heavy atom. The third kappa shape index (κ3) is 3.78. The minimum atomic E-state index is 0.0197. The van der Waals surface area contributed by atoms with E-state index in [4.69, 9.17) is 0 Å². The van der Waals surface area contributed by atoms with Gasteiger partial charge in [-0.2, -0.15) is 0 Å². The second-order valence-corrected chi connectivity index (χ2v) is 4.30. The van der Waals surface area contributed by atoms with E-state index in [2.05, 4.69) is 19.2 Å². The molecule has 84 valence electrons. The number of hydrogen-bond acceptors (Lipinski definition) is 1. The van der Waals surface area contributed by atoms with Crippen LogP contribution in [0.3, 0.4) is 0 Å². The van der Waals surface area contributed by atoms with Crippen LogP contribution in [0.25, 0.3) is 0 Å². The van der Waals surface area contributed by atoms with Crippen LogP contribution >= 0.6 is 0 Å². The van der Waals surface area contributed by atoms with Crippen LogP contribution in [0, 0.1) is 5.92 Å². The lowest BCUT2D eigenvalue weighted by Crippen LogP contribution is -2.26. The van der Waals surface area contributed by atoms with Gasteiger partial charge in [-0.25, -0.2) is 0 Å². The normalized spacial score (nSPS) is 10.7. The maximum atomic E-state index is 11.6. The van der Waals surface area contributed by atoms with Gasteiger partial charge in [0.25, 0.3) is 5.91 Å². The van der Waals surface area contributed by atoms with Crippen molar-refractivity contribution in [1.29, 1.82) is 0 Å². The van der Waals surface area contributed by atoms with Crippen LogP contribution in [0.4, 0.5) is 0 Å². The summed E-state index contributed by atoms with van der Waals surface area (Å²) in [5.74, 6) is 0.725. The number of aromatic nitrogens is 1. The van der Waals surface area contributed by atoms with E-state index in [-0.39, 0.29) is 5.91 Å². The second kappa shape index (κ2) is 5.59. The Balaban J connectivity index is 2.28. The lowest BCUT2D eigenvalue weighted by molar-refractivity contribution is 0.0944. The highest BCUT2D eigenvalue weighted by molar-refractivity contribution is 5.92. The molecule has 0 aliphatic heterocycles. The van der Waals surface area contributed by atoms with Crippen molar-refractivity contribution in [2.45, 2.75) is 26.7 Å². The maximum Gasteiger partial charge on any atom is 0.267 e. The summed E-state index contributed by atoms with van der Waals surface area (Å²) in [6.07, 6.45) is 4.09. The summed E-state index contributed by atoms with van der Waals surface area (Å²) in [4.78, 5) is 11.6. The lowest BCUT2D eigenvalue weighted by Gasteiger charge is -2.07. The molecule has 3 nitrogen and oxygen atoms in total. The Labute approximate surface area is 91.5 Å². The van der Waals surface area contributed by atoms with Crippen molar-refractivity contribution in [2.75, 3.05) is 6.54 Å². The third-order valence-electron chi connectivity index (χ3n) is 2.42. The van der Waals surface area contributed by atoms with Crippen LogP contribution in [0.5, 0.6) is 0 Å². The molecule has 0 aliphatic rings. The summed E-state index contributed by atoms with van der Waals surface area (Å²) in [5.41, 5.74) is 0.722. The summed E-state index contributed by atoms with van der Waals surface area (Å²) in [6.45, 7) is 5.15. The summed E-state index contributed by atoms with van der Waals surface area (Å²) < 4.78 is 1.83. The van der Waals surface area contributed by atoms with Gasteiger partial charge in [0.15, 0.2) is 0 Å². The number of hydrogen-bond donors (Lipinski definition) is 1. The van der Waals surface area contributed by atoms with Gasteiger partial charge in [-0.1, -0.05) is 13.8 Å². The average Bonchev–Trinajstić information content (AvgIpc) is 2.58. The average molecular weight is 208 g/mol. The van der Waals surface area contributed by atoms with E-state index in [1.165, 1.54) is 0 Å². The monoisotopic (exact) mass is 208 g/mol. The number of nitrogens with one attached hydrogen (secondary N) is 1. The molecular formula is C12H20N2O. The topological polar surface area (TPSA) is 34.0 Å². The Kier molecular flexibility index (Phi) is 4.40. The predicted octanol–water partition coefficient (Wildman–Crippen LogP) is 2.19. The predicted molar refractivity (Wildman–Crippen MR) is 61.8 cm³/mol. The van der Waals surface area contributed by atoms with Crippen molar-refractivity contribution in [2.24, 2.45) is 13.0 Å². The molecule has 1 aromatic heterocycles. The van der Waals surface area contributed by atoms with E-state index in [1.807, 2.05) is 29.9 Å². The van der Waals surface area contributed by atoms with Gasteiger partial charge in [-0.3, -0.25) is 4.79 Å². The number of nitrogens with zero attached hydrogens (tertiary/aromatic N) is 1. The quantitative estimate of drug-likeness (QED) is 0.739. The Bertz CT molecular complexity index is 315. The Morgan fingerprint density at radius 3 is 2.80 bits per heavy atom. The van der Waals surface area contributed by atoms with Crippen molar-refractivity contribution in [3.05, 3.63) is 24.0 Å². The van der Waals surface area contributed by atoms with E-state index in [0.29, 0.717) is 5.92 Å². The number of carbonyl (C=O) groups is 1. The van der Waals surface area contributed by atoms with E-state index in [0.717, 1.165) is 25.1 Å². The van der Waals surface area contributed by atoms with E-state index < -0.39 is 0 Å². The molecule has 0 atom stereocenters. The van der Waals surface area contributed by atoms with Gasteiger partial charge in [-0.15, -0.1) is 0 Å². The van der Waals surface area contributed by atoms with E-state index in [9.17, 15) is 4.79 Å². The molecule has 15 heavy (non-hydrogen) atoms. The molecule has 0 saturated carbocycles. The number of carbonyl (C=O) groups excluding carboxylic acids is 1. The van der Waals surface area contributed by atoms with Gasteiger partial charge in [-0.05, 0) is 30.9 Å². The van der Waals surface area contributed by atoms with Crippen molar-refractivity contribution >= 4 is 5.91 Å². The van der Waals surface area contributed by atoms with E-state index in [1.54, 1.807) is 0 Å². The summed E-state index contributed by atoms with van der Waals surface area (Å²) >= 11 is 0. The second-order valence-electron chi connectivity index (χ2n) is 4.30. The van der Waals surface area contributed by atoms with Crippen LogP contribution < -0.4 is 5.32 Å². The molecule has 0 fully saturated rings. The number of rotatable bonds is 5.